The van der Waals surface area contributed by atoms with Crippen LogP contribution in [0.5, 0.6) is 0 Å². The van der Waals surface area contributed by atoms with Crippen LogP contribution in [0.15, 0.2) is 30.6 Å². The van der Waals surface area contributed by atoms with Crippen LogP contribution in [0.1, 0.15) is 15.9 Å². The van der Waals surface area contributed by atoms with Crippen LogP contribution < -0.4 is 5.32 Å². The van der Waals surface area contributed by atoms with Gasteiger partial charge in [-0.05, 0) is 18.2 Å². The van der Waals surface area contributed by atoms with Crippen molar-refractivity contribution in [3.8, 4) is 6.07 Å². The number of halogens is 1. The van der Waals surface area contributed by atoms with Crippen molar-refractivity contribution in [1.29, 1.82) is 5.26 Å². The van der Waals surface area contributed by atoms with Gasteiger partial charge in [0.1, 0.15) is 6.07 Å². The summed E-state index contributed by atoms with van der Waals surface area (Å²) in [5.74, 6) is -0.301. The van der Waals surface area contributed by atoms with Gasteiger partial charge in [-0.2, -0.15) is 10.4 Å². The lowest BCUT2D eigenvalue weighted by molar-refractivity contribution is 0.102. The van der Waals surface area contributed by atoms with E-state index < -0.39 is 0 Å². The number of nitrogens with zero attached hydrogens (tertiary/aromatic N) is 2. The van der Waals surface area contributed by atoms with Crippen LogP contribution in [0, 0.1) is 11.3 Å². The van der Waals surface area contributed by atoms with Crippen molar-refractivity contribution in [3.05, 3.63) is 46.7 Å². The molecule has 1 aromatic heterocycles. The number of carbonyl (C=O) groups excluding carboxylic acids is 1. The van der Waals surface area contributed by atoms with E-state index >= 15 is 0 Å². The number of amides is 1. The Bertz CT molecular complexity index is 586. The number of anilines is 1. The molecule has 1 amide bonds. The van der Waals surface area contributed by atoms with Crippen molar-refractivity contribution < 1.29 is 4.79 Å². The van der Waals surface area contributed by atoms with Crippen LogP contribution in [0.2, 0.25) is 5.02 Å². The average molecular weight is 247 g/mol. The fourth-order valence-electron chi connectivity index (χ4n) is 1.27. The monoisotopic (exact) mass is 246 g/mol. The van der Waals surface area contributed by atoms with Crippen LogP contribution in [0.4, 0.5) is 5.69 Å². The first-order valence-electron chi connectivity index (χ1n) is 4.70. The highest BCUT2D eigenvalue weighted by Crippen LogP contribution is 2.19. The number of rotatable bonds is 2. The van der Waals surface area contributed by atoms with E-state index in [2.05, 4.69) is 15.5 Å². The van der Waals surface area contributed by atoms with E-state index in [1.807, 2.05) is 6.07 Å². The highest BCUT2D eigenvalue weighted by atomic mass is 35.5. The second-order valence-electron chi connectivity index (χ2n) is 3.25. The highest BCUT2D eigenvalue weighted by Gasteiger charge is 2.08. The Morgan fingerprint density at radius 3 is 3.00 bits per heavy atom. The molecule has 0 bridgehead atoms. The Balaban J connectivity index is 2.20. The summed E-state index contributed by atoms with van der Waals surface area (Å²) in [6.45, 7) is 0. The average Bonchev–Trinajstić information content (AvgIpc) is 2.85. The fourth-order valence-corrected chi connectivity index (χ4v) is 1.43. The molecule has 0 aliphatic heterocycles. The minimum Gasteiger partial charge on any atom is -0.322 e. The molecular weight excluding hydrogens is 240 g/mol. The topological polar surface area (TPSA) is 81.6 Å². The Morgan fingerprint density at radius 1 is 1.53 bits per heavy atom. The molecule has 0 aliphatic rings. The van der Waals surface area contributed by atoms with Crippen molar-refractivity contribution in [2.75, 3.05) is 5.32 Å². The first-order valence-corrected chi connectivity index (χ1v) is 5.08. The van der Waals surface area contributed by atoms with Crippen molar-refractivity contribution in [3.63, 3.8) is 0 Å². The van der Waals surface area contributed by atoms with Gasteiger partial charge in [0.25, 0.3) is 5.91 Å². The quantitative estimate of drug-likeness (QED) is 0.852. The Kier molecular flexibility index (Phi) is 3.08. The van der Waals surface area contributed by atoms with Crippen molar-refractivity contribution >= 4 is 23.2 Å². The number of benzene rings is 1. The smallest absolute Gasteiger partial charge is 0.258 e. The summed E-state index contributed by atoms with van der Waals surface area (Å²) in [5, 5.41) is 18.0. The van der Waals surface area contributed by atoms with Gasteiger partial charge in [-0.25, -0.2) is 0 Å². The molecule has 0 saturated heterocycles. The molecule has 2 N–H and O–H groups in total. The number of hydrogen-bond donors (Lipinski definition) is 2. The SMILES string of the molecule is N#Cc1cc(NC(=O)c2cn[nH]c2)ccc1Cl. The van der Waals surface area contributed by atoms with Gasteiger partial charge >= 0.3 is 0 Å². The van der Waals surface area contributed by atoms with Gasteiger partial charge in [0.05, 0.1) is 22.3 Å². The number of aromatic amines is 1. The number of carbonyl (C=O) groups is 1. The van der Waals surface area contributed by atoms with Gasteiger partial charge in [-0.1, -0.05) is 11.6 Å². The van der Waals surface area contributed by atoms with E-state index in [1.54, 1.807) is 12.1 Å². The van der Waals surface area contributed by atoms with E-state index in [-0.39, 0.29) is 5.91 Å². The Morgan fingerprint density at radius 2 is 2.35 bits per heavy atom. The number of nitriles is 1. The van der Waals surface area contributed by atoms with E-state index in [4.69, 9.17) is 16.9 Å². The third kappa shape index (κ3) is 2.44. The first kappa shape index (κ1) is 11.2. The highest BCUT2D eigenvalue weighted by molar-refractivity contribution is 6.31. The normalized spacial score (nSPS) is 9.65. The first-order chi connectivity index (χ1) is 8.20. The maximum Gasteiger partial charge on any atom is 0.258 e. The third-order valence-corrected chi connectivity index (χ3v) is 2.43. The van der Waals surface area contributed by atoms with Crippen molar-refractivity contribution in [2.24, 2.45) is 0 Å². The minimum absolute atomic E-state index is 0.301. The van der Waals surface area contributed by atoms with Crippen LogP contribution in [0.25, 0.3) is 0 Å². The predicted octanol–water partition coefficient (Wildman–Crippen LogP) is 2.19. The van der Waals surface area contributed by atoms with Gasteiger partial charge in [0.2, 0.25) is 0 Å². The Labute approximate surface area is 102 Å². The molecule has 0 unspecified atom stereocenters. The van der Waals surface area contributed by atoms with E-state index in [1.165, 1.54) is 18.5 Å². The molecule has 17 heavy (non-hydrogen) atoms. The summed E-state index contributed by atoms with van der Waals surface area (Å²) in [5.41, 5.74) is 1.24. The summed E-state index contributed by atoms with van der Waals surface area (Å²) in [6.07, 6.45) is 2.90. The van der Waals surface area contributed by atoms with E-state index in [0.29, 0.717) is 21.8 Å². The molecule has 84 valence electrons. The van der Waals surface area contributed by atoms with E-state index in [0.717, 1.165) is 0 Å². The standard InChI is InChI=1S/C11H7ClN4O/c12-10-2-1-9(3-7(10)4-13)16-11(17)8-5-14-15-6-8/h1-3,5-6H,(H,14,15)(H,16,17). The third-order valence-electron chi connectivity index (χ3n) is 2.11. The van der Waals surface area contributed by atoms with Crippen molar-refractivity contribution in [2.45, 2.75) is 0 Å². The zero-order valence-electron chi connectivity index (χ0n) is 8.57. The van der Waals surface area contributed by atoms with Crippen LogP contribution >= 0.6 is 11.6 Å². The molecule has 0 atom stereocenters. The van der Waals surface area contributed by atoms with Gasteiger partial charge in [0, 0.05) is 11.9 Å². The zero-order valence-corrected chi connectivity index (χ0v) is 9.32. The van der Waals surface area contributed by atoms with Crippen molar-refractivity contribution in [1.82, 2.24) is 10.2 Å². The zero-order chi connectivity index (χ0) is 12.3. The van der Waals surface area contributed by atoms with Crippen LogP contribution in [0.3, 0.4) is 0 Å². The molecule has 0 radical (unpaired) electrons. The second-order valence-corrected chi connectivity index (χ2v) is 3.65. The minimum atomic E-state index is -0.301. The van der Waals surface area contributed by atoms with Gasteiger partial charge in [-0.3, -0.25) is 9.89 Å². The Hall–Kier alpha value is -2.32. The summed E-state index contributed by atoms with van der Waals surface area (Å²) in [6, 6.07) is 6.64. The molecule has 0 aliphatic carbocycles. The molecule has 2 aromatic rings. The molecule has 0 saturated carbocycles. The number of nitrogens with one attached hydrogen (secondary N) is 2. The molecule has 5 nitrogen and oxygen atoms in total. The molecule has 0 spiro atoms. The summed E-state index contributed by atoms with van der Waals surface area (Å²) in [7, 11) is 0. The molecule has 0 fully saturated rings. The molecule has 1 aromatic carbocycles. The number of H-pyrrole nitrogens is 1. The van der Waals surface area contributed by atoms with Gasteiger partial charge in [-0.15, -0.1) is 0 Å². The lowest BCUT2D eigenvalue weighted by Crippen LogP contribution is -2.10. The van der Waals surface area contributed by atoms with Gasteiger partial charge in [0.15, 0.2) is 0 Å². The predicted molar refractivity (Wildman–Crippen MR) is 62.7 cm³/mol. The van der Waals surface area contributed by atoms with Gasteiger partial charge < -0.3 is 5.32 Å². The lowest BCUT2D eigenvalue weighted by Gasteiger charge is -2.04. The van der Waals surface area contributed by atoms with E-state index in [9.17, 15) is 4.79 Å². The van der Waals surface area contributed by atoms with Crippen LogP contribution in [-0.2, 0) is 0 Å². The largest absolute Gasteiger partial charge is 0.322 e. The number of hydrogen-bond acceptors (Lipinski definition) is 3. The summed E-state index contributed by atoms with van der Waals surface area (Å²) < 4.78 is 0. The molecular formula is C11H7ClN4O. The van der Waals surface area contributed by atoms with Crippen LogP contribution in [-0.4, -0.2) is 16.1 Å². The maximum absolute atomic E-state index is 11.7. The second kappa shape index (κ2) is 4.68. The number of aromatic nitrogens is 2. The molecule has 2 rings (SSSR count). The summed E-state index contributed by atoms with van der Waals surface area (Å²) >= 11 is 5.78. The maximum atomic E-state index is 11.7. The summed E-state index contributed by atoms with van der Waals surface area (Å²) in [4.78, 5) is 11.7. The lowest BCUT2D eigenvalue weighted by atomic mass is 10.2. The fraction of sp³-hybridized carbons (Fsp3) is 0. The molecule has 6 heteroatoms. The molecule has 1 heterocycles.